The van der Waals surface area contributed by atoms with Crippen LogP contribution in [0, 0.1) is 0 Å². The molecule has 4 nitrogen and oxygen atoms in total. The number of hydrogen-bond acceptors (Lipinski definition) is 3. The fraction of sp³-hybridized carbons (Fsp3) is 0.769. The van der Waals surface area contributed by atoms with Crippen molar-refractivity contribution < 1.29 is 4.74 Å². The summed E-state index contributed by atoms with van der Waals surface area (Å²) in [7, 11) is 3.76. The summed E-state index contributed by atoms with van der Waals surface area (Å²) in [6, 6.07) is 2.49. The minimum absolute atomic E-state index is 0.245. The lowest BCUT2D eigenvalue weighted by Crippen LogP contribution is -2.40. The van der Waals surface area contributed by atoms with Crippen LogP contribution in [0.5, 0.6) is 0 Å². The first kappa shape index (κ1) is 14.2. The van der Waals surface area contributed by atoms with Gasteiger partial charge in [-0.1, -0.05) is 6.92 Å². The van der Waals surface area contributed by atoms with Gasteiger partial charge in [-0.15, -0.1) is 0 Å². The molecule has 4 heteroatoms. The quantitative estimate of drug-likeness (QED) is 0.751. The molecule has 0 aliphatic carbocycles. The Hall–Kier alpha value is -0.870. The summed E-state index contributed by atoms with van der Waals surface area (Å²) < 4.78 is 7.36. The average molecular weight is 239 g/mol. The molecule has 0 saturated heterocycles. The number of nitrogens with zero attached hydrogens (tertiary/aromatic N) is 2. The molecule has 0 aromatic carbocycles. The predicted molar refractivity (Wildman–Crippen MR) is 70.1 cm³/mol. The lowest BCUT2D eigenvalue weighted by molar-refractivity contribution is 0.0800. The lowest BCUT2D eigenvalue weighted by Gasteiger charge is -2.24. The number of rotatable bonds is 8. The molecule has 0 bridgehead atoms. The zero-order valence-corrected chi connectivity index (χ0v) is 11.4. The summed E-state index contributed by atoms with van der Waals surface area (Å²) in [5.41, 5.74) is 1.27. The zero-order chi connectivity index (χ0) is 12.7. The second kappa shape index (κ2) is 7.45. The Kier molecular flexibility index (Phi) is 6.22. The van der Waals surface area contributed by atoms with Gasteiger partial charge in [-0.2, -0.15) is 5.10 Å². The van der Waals surface area contributed by atoms with Gasteiger partial charge in [0.25, 0.3) is 0 Å². The van der Waals surface area contributed by atoms with Crippen LogP contribution >= 0.6 is 0 Å². The van der Waals surface area contributed by atoms with Gasteiger partial charge in [0, 0.05) is 32.1 Å². The van der Waals surface area contributed by atoms with Crippen LogP contribution in [-0.2, 0) is 18.2 Å². The highest BCUT2D eigenvalue weighted by atomic mass is 16.5. The molecule has 0 radical (unpaired) electrons. The van der Waals surface area contributed by atoms with Gasteiger partial charge >= 0.3 is 0 Å². The van der Waals surface area contributed by atoms with E-state index >= 15 is 0 Å². The van der Waals surface area contributed by atoms with Crippen molar-refractivity contribution >= 4 is 0 Å². The van der Waals surface area contributed by atoms with E-state index in [0.717, 1.165) is 25.8 Å². The molecule has 1 N–H and O–H groups in total. The summed E-state index contributed by atoms with van der Waals surface area (Å²) in [6.07, 6.45) is 5.36. The number of methoxy groups -OCH3 is 1. The van der Waals surface area contributed by atoms with Crippen LogP contribution < -0.4 is 5.32 Å². The van der Waals surface area contributed by atoms with Crippen molar-refractivity contribution in [1.82, 2.24) is 15.1 Å². The SMILES string of the molecule is CCCNC(CCc1ccnn1C)C(C)OC. The monoisotopic (exact) mass is 239 g/mol. The highest BCUT2D eigenvalue weighted by Crippen LogP contribution is 2.08. The second-order valence-electron chi connectivity index (χ2n) is 4.49. The number of hydrogen-bond donors (Lipinski definition) is 1. The van der Waals surface area contributed by atoms with Crippen molar-refractivity contribution in [3.8, 4) is 0 Å². The van der Waals surface area contributed by atoms with Gasteiger partial charge in [0.05, 0.1) is 6.10 Å². The predicted octanol–water partition coefficient (Wildman–Crippen LogP) is 1.76. The smallest absolute Gasteiger partial charge is 0.0696 e. The molecule has 0 spiro atoms. The van der Waals surface area contributed by atoms with Gasteiger partial charge in [-0.05, 0) is 38.8 Å². The van der Waals surface area contributed by atoms with Gasteiger partial charge in [0.2, 0.25) is 0 Å². The van der Waals surface area contributed by atoms with E-state index in [2.05, 4.69) is 30.3 Å². The molecule has 0 aliphatic heterocycles. The molecule has 1 heterocycles. The number of aromatic nitrogens is 2. The zero-order valence-electron chi connectivity index (χ0n) is 11.4. The van der Waals surface area contributed by atoms with Gasteiger partial charge in [-0.3, -0.25) is 4.68 Å². The second-order valence-corrected chi connectivity index (χ2v) is 4.49. The topological polar surface area (TPSA) is 39.1 Å². The molecule has 98 valence electrons. The Morgan fingerprint density at radius 1 is 1.53 bits per heavy atom. The number of nitrogens with one attached hydrogen (secondary N) is 1. The van der Waals surface area contributed by atoms with E-state index in [1.54, 1.807) is 7.11 Å². The van der Waals surface area contributed by atoms with Gasteiger partial charge in [0.15, 0.2) is 0 Å². The van der Waals surface area contributed by atoms with E-state index in [-0.39, 0.29) is 6.10 Å². The van der Waals surface area contributed by atoms with Crippen LogP contribution in [-0.4, -0.2) is 35.6 Å². The van der Waals surface area contributed by atoms with E-state index < -0.39 is 0 Å². The molecule has 1 aromatic heterocycles. The third kappa shape index (κ3) is 4.48. The minimum Gasteiger partial charge on any atom is -0.380 e. The number of ether oxygens (including phenoxy) is 1. The minimum atomic E-state index is 0.245. The molecule has 2 unspecified atom stereocenters. The normalized spacial score (nSPS) is 14.8. The summed E-state index contributed by atoms with van der Waals surface area (Å²) in [4.78, 5) is 0. The summed E-state index contributed by atoms with van der Waals surface area (Å²) in [5.74, 6) is 0. The maximum atomic E-state index is 5.42. The molecule has 1 rings (SSSR count). The molecular formula is C13H25N3O. The van der Waals surface area contributed by atoms with Gasteiger partial charge < -0.3 is 10.1 Å². The first-order valence-electron chi connectivity index (χ1n) is 6.42. The molecular weight excluding hydrogens is 214 g/mol. The Bertz CT molecular complexity index is 311. The Morgan fingerprint density at radius 2 is 2.29 bits per heavy atom. The Morgan fingerprint density at radius 3 is 2.82 bits per heavy atom. The molecule has 0 fully saturated rings. The fourth-order valence-electron chi connectivity index (χ4n) is 1.95. The summed E-state index contributed by atoms with van der Waals surface area (Å²) in [6.45, 7) is 5.35. The molecule has 0 aliphatic rings. The van der Waals surface area contributed by atoms with Crippen molar-refractivity contribution in [2.24, 2.45) is 7.05 Å². The first-order valence-corrected chi connectivity index (χ1v) is 6.42. The average Bonchev–Trinajstić information content (AvgIpc) is 2.74. The maximum Gasteiger partial charge on any atom is 0.0696 e. The van der Waals surface area contributed by atoms with Crippen molar-refractivity contribution in [2.45, 2.75) is 45.3 Å². The Balaban J connectivity index is 2.45. The van der Waals surface area contributed by atoms with Crippen molar-refractivity contribution in [3.05, 3.63) is 18.0 Å². The molecule has 0 saturated carbocycles. The standard InChI is InChI=1S/C13H25N3O/c1-5-9-14-13(11(2)17-4)7-6-12-8-10-15-16(12)3/h8,10-11,13-14H,5-7,9H2,1-4H3. The van der Waals surface area contributed by atoms with Crippen molar-refractivity contribution in [1.29, 1.82) is 0 Å². The van der Waals surface area contributed by atoms with Crippen molar-refractivity contribution in [3.63, 3.8) is 0 Å². The van der Waals surface area contributed by atoms with Crippen LogP contribution in [0.25, 0.3) is 0 Å². The Labute approximate surface area is 104 Å². The van der Waals surface area contributed by atoms with E-state index in [1.807, 2.05) is 17.9 Å². The maximum absolute atomic E-state index is 5.42. The highest BCUT2D eigenvalue weighted by molar-refractivity contribution is 5.00. The highest BCUT2D eigenvalue weighted by Gasteiger charge is 2.16. The van der Waals surface area contributed by atoms with E-state index in [0.29, 0.717) is 6.04 Å². The van der Waals surface area contributed by atoms with Crippen LogP contribution in [0.1, 0.15) is 32.4 Å². The van der Waals surface area contributed by atoms with Gasteiger partial charge in [0.1, 0.15) is 0 Å². The van der Waals surface area contributed by atoms with Crippen LogP contribution in [0.4, 0.5) is 0 Å². The first-order chi connectivity index (χ1) is 8.19. The van der Waals surface area contributed by atoms with Crippen LogP contribution in [0.3, 0.4) is 0 Å². The van der Waals surface area contributed by atoms with Crippen molar-refractivity contribution in [2.75, 3.05) is 13.7 Å². The van der Waals surface area contributed by atoms with E-state index in [9.17, 15) is 0 Å². The van der Waals surface area contributed by atoms with Crippen LogP contribution in [0.15, 0.2) is 12.3 Å². The largest absolute Gasteiger partial charge is 0.380 e. The lowest BCUT2D eigenvalue weighted by atomic mass is 10.0. The summed E-state index contributed by atoms with van der Waals surface area (Å²) in [5, 5.41) is 7.73. The third-order valence-electron chi connectivity index (χ3n) is 3.23. The molecule has 17 heavy (non-hydrogen) atoms. The molecule has 0 amide bonds. The molecule has 1 aromatic rings. The summed E-state index contributed by atoms with van der Waals surface area (Å²) >= 11 is 0. The molecule has 2 atom stereocenters. The van der Waals surface area contributed by atoms with Crippen LogP contribution in [0.2, 0.25) is 0 Å². The van der Waals surface area contributed by atoms with E-state index in [1.165, 1.54) is 5.69 Å². The van der Waals surface area contributed by atoms with Gasteiger partial charge in [-0.25, -0.2) is 0 Å². The fourth-order valence-corrected chi connectivity index (χ4v) is 1.95. The van der Waals surface area contributed by atoms with E-state index in [4.69, 9.17) is 4.74 Å². The number of aryl methyl sites for hydroxylation is 2. The third-order valence-corrected chi connectivity index (χ3v) is 3.23.